The summed E-state index contributed by atoms with van der Waals surface area (Å²) < 4.78 is 5.57. The lowest BCUT2D eigenvalue weighted by atomic mass is 9.83. The Kier molecular flexibility index (Phi) is 8.29. The van der Waals surface area contributed by atoms with Gasteiger partial charge in [-0.05, 0) is 57.0 Å². The highest BCUT2D eigenvalue weighted by molar-refractivity contribution is 7.10. The van der Waals surface area contributed by atoms with Gasteiger partial charge in [-0.25, -0.2) is 4.98 Å². The number of nitrogens with zero attached hydrogens (tertiary/aromatic N) is 2. The van der Waals surface area contributed by atoms with Gasteiger partial charge in [0, 0.05) is 22.9 Å². The van der Waals surface area contributed by atoms with Gasteiger partial charge in [-0.1, -0.05) is 49.6 Å². The highest BCUT2D eigenvalue weighted by atomic mass is 32.1. The summed E-state index contributed by atoms with van der Waals surface area (Å²) in [6.45, 7) is 2.53. The van der Waals surface area contributed by atoms with Crippen LogP contribution in [-0.2, 0) is 9.59 Å². The van der Waals surface area contributed by atoms with Gasteiger partial charge in [0.1, 0.15) is 16.8 Å². The topological polar surface area (TPSA) is 83.6 Å². The normalized spacial score (nSPS) is 19.9. The van der Waals surface area contributed by atoms with Crippen molar-refractivity contribution in [2.24, 2.45) is 5.92 Å². The zero-order valence-electron chi connectivity index (χ0n) is 22.5. The molecule has 0 unspecified atom stereocenters. The number of likely N-dealkylation sites (N-methyl/N-ethyl adjacent to an activating group) is 1. The van der Waals surface area contributed by atoms with E-state index in [1.807, 2.05) is 30.0 Å². The summed E-state index contributed by atoms with van der Waals surface area (Å²) in [5.74, 6) is 0.955. The molecule has 2 heterocycles. The quantitative estimate of drug-likeness (QED) is 0.409. The number of fused-ring (bicyclic) bond motifs is 1. The first-order chi connectivity index (χ1) is 18.5. The second kappa shape index (κ2) is 11.8. The van der Waals surface area contributed by atoms with E-state index < -0.39 is 6.04 Å². The molecule has 2 amide bonds. The van der Waals surface area contributed by atoms with Crippen LogP contribution in [0.3, 0.4) is 0 Å². The van der Waals surface area contributed by atoms with Crippen LogP contribution in [0, 0.1) is 5.92 Å². The Balaban J connectivity index is 1.41. The van der Waals surface area contributed by atoms with Gasteiger partial charge in [-0.3, -0.25) is 9.59 Å². The van der Waals surface area contributed by atoms with Gasteiger partial charge in [0.05, 0.1) is 24.9 Å². The van der Waals surface area contributed by atoms with Crippen molar-refractivity contribution < 1.29 is 14.3 Å². The number of methoxy groups -OCH3 is 1. The molecule has 0 bridgehead atoms. The Bertz CT molecular complexity index is 1290. The zero-order chi connectivity index (χ0) is 26.6. The molecule has 1 aromatic heterocycles. The van der Waals surface area contributed by atoms with Crippen LogP contribution >= 0.6 is 11.3 Å². The standard InChI is InChI=1S/C30H38N4O3S/c1-19(31-2)28(35)33-27(20-10-5-4-6-11-20)30(36)34-17-9-15-25(34)29-32-24(18-38-29)22-13-7-14-23-21(22)12-8-16-26(23)37-3/h7-8,12-14,16,18-20,25,27,31H,4-6,9-11,15,17H2,1-3H3,(H,33,35)/t19-,25-,27-/m0/s1. The Morgan fingerprint density at radius 2 is 1.82 bits per heavy atom. The molecule has 1 aliphatic carbocycles. The van der Waals surface area contributed by atoms with Crippen LogP contribution in [0.1, 0.15) is 62.9 Å². The molecule has 202 valence electrons. The van der Waals surface area contributed by atoms with Crippen molar-refractivity contribution in [3.63, 3.8) is 0 Å². The van der Waals surface area contributed by atoms with E-state index in [1.165, 1.54) is 6.42 Å². The predicted molar refractivity (Wildman–Crippen MR) is 152 cm³/mol. The summed E-state index contributed by atoms with van der Waals surface area (Å²) in [5, 5.41) is 11.3. The molecular formula is C30H38N4O3S. The van der Waals surface area contributed by atoms with Crippen molar-refractivity contribution in [2.45, 2.75) is 70.0 Å². The molecule has 2 aliphatic rings. The number of rotatable bonds is 8. The molecule has 38 heavy (non-hydrogen) atoms. The number of ether oxygens (including phenoxy) is 1. The maximum Gasteiger partial charge on any atom is 0.246 e. The van der Waals surface area contributed by atoms with Gasteiger partial charge in [0.15, 0.2) is 0 Å². The summed E-state index contributed by atoms with van der Waals surface area (Å²) in [6.07, 6.45) is 7.22. The van der Waals surface area contributed by atoms with Crippen molar-refractivity contribution >= 4 is 33.9 Å². The number of carbonyl (C=O) groups excluding carboxylic acids is 2. The molecule has 1 saturated carbocycles. The molecular weight excluding hydrogens is 496 g/mol. The lowest BCUT2D eigenvalue weighted by molar-refractivity contribution is -0.139. The van der Waals surface area contributed by atoms with Gasteiger partial charge in [0.25, 0.3) is 0 Å². The average Bonchev–Trinajstić information content (AvgIpc) is 3.65. The smallest absolute Gasteiger partial charge is 0.246 e. The van der Waals surface area contributed by atoms with Crippen LogP contribution in [0.4, 0.5) is 0 Å². The van der Waals surface area contributed by atoms with Crippen LogP contribution in [0.5, 0.6) is 5.75 Å². The maximum absolute atomic E-state index is 14.1. The van der Waals surface area contributed by atoms with Crippen molar-refractivity contribution in [3.05, 3.63) is 46.8 Å². The van der Waals surface area contributed by atoms with E-state index in [4.69, 9.17) is 9.72 Å². The minimum Gasteiger partial charge on any atom is -0.496 e. The van der Waals surface area contributed by atoms with Gasteiger partial charge in [-0.2, -0.15) is 0 Å². The average molecular weight is 535 g/mol. The minimum absolute atomic E-state index is 0.0442. The minimum atomic E-state index is -0.482. The van der Waals surface area contributed by atoms with Crippen LogP contribution in [0.15, 0.2) is 41.8 Å². The summed E-state index contributed by atoms with van der Waals surface area (Å²) in [5.41, 5.74) is 1.98. The molecule has 5 rings (SSSR count). The van der Waals surface area contributed by atoms with Crippen molar-refractivity contribution in [3.8, 4) is 17.0 Å². The third-order valence-electron chi connectivity index (χ3n) is 8.23. The Hall–Kier alpha value is -2.97. The molecule has 3 atom stereocenters. The fourth-order valence-corrected chi connectivity index (χ4v) is 6.94. The number of amides is 2. The van der Waals surface area contributed by atoms with E-state index in [1.54, 1.807) is 25.5 Å². The molecule has 0 spiro atoms. The number of hydrogen-bond acceptors (Lipinski definition) is 6. The largest absolute Gasteiger partial charge is 0.496 e. The van der Waals surface area contributed by atoms with E-state index in [-0.39, 0.29) is 29.8 Å². The lowest BCUT2D eigenvalue weighted by Gasteiger charge is -2.35. The molecule has 1 saturated heterocycles. The fraction of sp³-hybridized carbons (Fsp3) is 0.500. The maximum atomic E-state index is 14.1. The van der Waals surface area contributed by atoms with E-state index in [9.17, 15) is 9.59 Å². The van der Waals surface area contributed by atoms with E-state index in [0.717, 1.165) is 71.3 Å². The monoisotopic (exact) mass is 534 g/mol. The number of hydrogen-bond donors (Lipinski definition) is 2. The highest BCUT2D eigenvalue weighted by Crippen LogP contribution is 2.39. The zero-order valence-corrected chi connectivity index (χ0v) is 23.4. The predicted octanol–water partition coefficient (Wildman–Crippen LogP) is 5.31. The van der Waals surface area contributed by atoms with E-state index in [0.29, 0.717) is 6.54 Å². The van der Waals surface area contributed by atoms with E-state index >= 15 is 0 Å². The molecule has 2 fully saturated rings. The van der Waals surface area contributed by atoms with Crippen LogP contribution in [0.2, 0.25) is 0 Å². The summed E-state index contributed by atoms with van der Waals surface area (Å²) in [6, 6.07) is 11.4. The summed E-state index contributed by atoms with van der Waals surface area (Å²) in [7, 11) is 3.46. The third-order valence-corrected chi connectivity index (χ3v) is 9.18. The van der Waals surface area contributed by atoms with Gasteiger partial charge >= 0.3 is 0 Å². The van der Waals surface area contributed by atoms with Crippen molar-refractivity contribution in [2.75, 3.05) is 20.7 Å². The summed E-state index contributed by atoms with van der Waals surface area (Å²) in [4.78, 5) is 33.9. The Labute approximate surface area is 229 Å². The number of nitrogens with one attached hydrogen (secondary N) is 2. The Morgan fingerprint density at radius 1 is 1.05 bits per heavy atom. The van der Waals surface area contributed by atoms with Crippen molar-refractivity contribution in [1.82, 2.24) is 20.5 Å². The van der Waals surface area contributed by atoms with Gasteiger partial charge in [-0.15, -0.1) is 11.3 Å². The second-order valence-electron chi connectivity index (χ2n) is 10.5. The molecule has 1 aliphatic heterocycles. The van der Waals surface area contributed by atoms with Crippen LogP contribution in [0.25, 0.3) is 22.0 Å². The van der Waals surface area contributed by atoms with Crippen LogP contribution in [-0.4, -0.2) is 54.5 Å². The van der Waals surface area contributed by atoms with E-state index in [2.05, 4.69) is 34.2 Å². The molecule has 0 radical (unpaired) electrons. The first-order valence-electron chi connectivity index (χ1n) is 13.8. The second-order valence-corrected chi connectivity index (χ2v) is 11.4. The first kappa shape index (κ1) is 26.6. The molecule has 8 heteroatoms. The number of thiazole rings is 1. The number of aromatic nitrogens is 1. The first-order valence-corrected chi connectivity index (χ1v) is 14.7. The molecule has 2 N–H and O–H groups in total. The lowest BCUT2D eigenvalue weighted by Crippen LogP contribution is -2.55. The SMILES string of the molecule is CN[C@@H](C)C(=O)N[C@H](C(=O)N1CCC[C@H]1c1nc(-c2cccc3c(OC)cccc23)cs1)C1CCCCC1. The molecule has 3 aromatic rings. The third kappa shape index (κ3) is 5.29. The Morgan fingerprint density at radius 3 is 2.58 bits per heavy atom. The molecule has 7 nitrogen and oxygen atoms in total. The summed E-state index contributed by atoms with van der Waals surface area (Å²) >= 11 is 1.62. The van der Waals surface area contributed by atoms with Gasteiger partial charge < -0.3 is 20.3 Å². The van der Waals surface area contributed by atoms with Crippen LogP contribution < -0.4 is 15.4 Å². The number of benzene rings is 2. The molecule has 2 aromatic carbocycles. The highest BCUT2D eigenvalue weighted by Gasteiger charge is 2.40. The fourth-order valence-electron chi connectivity index (χ4n) is 5.97. The van der Waals surface area contributed by atoms with Crippen molar-refractivity contribution in [1.29, 1.82) is 0 Å². The number of carbonyl (C=O) groups is 2. The number of likely N-dealkylation sites (tertiary alicyclic amines) is 1. The van der Waals surface area contributed by atoms with Gasteiger partial charge in [0.2, 0.25) is 11.8 Å².